The van der Waals surface area contributed by atoms with Gasteiger partial charge in [0.15, 0.2) is 0 Å². The number of benzene rings is 1. The van der Waals surface area contributed by atoms with E-state index in [9.17, 15) is 9.18 Å². The molecule has 3 heterocycles. The third-order valence-corrected chi connectivity index (χ3v) is 5.49. The first-order valence-electron chi connectivity index (χ1n) is 10.6. The van der Waals surface area contributed by atoms with Gasteiger partial charge in [0.05, 0.1) is 5.69 Å². The molecule has 9 heteroatoms. The Balaban J connectivity index is 1.43. The fourth-order valence-corrected chi connectivity index (χ4v) is 3.74. The zero-order chi connectivity index (χ0) is 22.7. The number of ether oxygens (including phenoxy) is 1. The van der Waals surface area contributed by atoms with Crippen molar-refractivity contribution in [2.75, 3.05) is 13.1 Å². The van der Waals surface area contributed by atoms with Crippen LogP contribution in [-0.2, 0) is 17.7 Å². The highest BCUT2D eigenvalue weighted by atomic mass is 19.1. The average Bonchev–Trinajstić information content (AvgIpc) is 3.21. The van der Waals surface area contributed by atoms with E-state index in [0.29, 0.717) is 43.0 Å². The van der Waals surface area contributed by atoms with Gasteiger partial charge in [0.1, 0.15) is 11.9 Å². The summed E-state index contributed by atoms with van der Waals surface area (Å²) in [7, 11) is 0. The van der Waals surface area contributed by atoms with Crippen molar-refractivity contribution < 1.29 is 23.6 Å². The van der Waals surface area contributed by atoms with Gasteiger partial charge >= 0.3 is 6.16 Å². The van der Waals surface area contributed by atoms with Gasteiger partial charge in [-0.2, -0.15) is 4.98 Å². The predicted octanol–water partition coefficient (Wildman–Crippen LogP) is 4.47. The van der Waals surface area contributed by atoms with Crippen LogP contribution < -0.4 is 0 Å². The average molecular weight is 440 g/mol. The number of carboxylic acid groups (broad SMARTS) is 1. The molecule has 8 nitrogen and oxygen atoms in total. The van der Waals surface area contributed by atoms with E-state index in [0.717, 1.165) is 29.8 Å². The van der Waals surface area contributed by atoms with Crippen molar-refractivity contribution >= 4 is 6.16 Å². The van der Waals surface area contributed by atoms with Crippen LogP contribution in [0.3, 0.4) is 0 Å². The molecule has 0 unspecified atom stereocenters. The Morgan fingerprint density at radius 1 is 1.28 bits per heavy atom. The van der Waals surface area contributed by atoms with Crippen molar-refractivity contribution in [1.82, 2.24) is 20.0 Å². The molecule has 2 aromatic heterocycles. The molecule has 168 valence electrons. The Kier molecular flexibility index (Phi) is 6.45. The summed E-state index contributed by atoms with van der Waals surface area (Å²) >= 11 is 0. The van der Waals surface area contributed by atoms with E-state index < -0.39 is 6.16 Å². The molecular weight excluding hydrogens is 415 g/mol. The van der Waals surface area contributed by atoms with Crippen molar-refractivity contribution in [2.45, 2.75) is 45.8 Å². The minimum Gasteiger partial charge on any atom is -0.450 e. The summed E-state index contributed by atoms with van der Waals surface area (Å²) in [5, 5.41) is 12.7. The number of hydrogen-bond donors (Lipinski definition) is 1. The third-order valence-electron chi connectivity index (χ3n) is 5.49. The van der Waals surface area contributed by atoms with Gasteiger partial charge in [-0.3, -0.25) is 9.88 Å². The maximum atomic E-state index is 14.4. The van der Waals surface area contributed by atoms with Crippen LogP contribution in [0.2, 0.25) is 0 Å². The van der Waals surface area contributed by atoms with E-state index in [1.54, 1.807) is 12.1 Å². The van der Waals surface area contributed by atoms with E-state index in [4.69, 9.17) is 14.4 Å². The van der Waals surface area contributed by atoms with Crippen molar-refractivity contribution in [3.63, 3.8) is 0 Å². The van der Waals surface area contributed by atoms with Gasteiger partial charge in [-0.15, -0.1) is 0 Å². The minimum absolute atomic E-state index is 0.259. The van der Waals surface area contributed by atoms with Gasteiger partial charge in [0.2, 0.25) is 5.82 Å². The highest BCUT2D eigenvalue weighted by Crippen LogP contribution is 2.26. The van der Waals surface area contributed by atoms with Crippen LogP contribution in [0.5, 0.6) is 0 Å². The number of halogens is 1. The first-order chi connectivity index (χ1) is 15.4. The lowest BCUT2D eigenvalue weighted by atomic mass is 10.1. The lowest BCUT2D eigenvalue weighted by molar-refractivity contribution is -0.0367. The highest BCUT2D eigenvalue weighted by Gasteiger charge is 2.30. The second-order valence-corrected chi connectivity index (χ2v) is 7.97. The molecule has 3 aromatic rings. The molecule has 0 bridgehead atoms. The topological polar surface area (TPSA) is 102 Å². The first-order valence-corrected chi connectivity index (χ1v) is 10.6. The summed E-state index contributed by atoms with van der Waals surface area (Å²) in [5.41, 5.74) is 3.57. The van der Waals surface area contributed by atoms with Crippen LogP contribution in [0.4, 0.5) is 9.18 Å². The number of rotatable bonds is 8. The SMILES string of the molecule is CCCCc1ccc(-c2nc(-c3ccc(CN4CC(OC(=O)O)C4)nc3C)no2)cc1F. The van der Waals surface area contributed by atoms with Crippen LogP contribution in [0.25, 0.3) is 22.8 Å². The number of aryl methyl sites for hydroxylation is 2. The Bertz CT molecular complexity index is 1110. The number of likely N-dealkylation sites (tertiary alicyclic amines) is 1. The maximum absolute atomic E-state index is 14.4. The Morgan fingerprint density at radius 3 is 2.78 bits per heavy atom. The Hall–Kier alpha value is -3.33. The summed E-state index contributed by atoms with van der Waals surface area (Å²) in [6, 6.07) is 8.77. The van der Waals surface area contributed by atoms with Crippen molar-refractivity contribution in [2.24, 2.45) is 0 Å². The molecule has 1 aliphatic rings. The summed E-state index contributed by atoms with van der Waals surface area (Å²) in [6.45, 7) is 5.64. The summed E-state index contributed by atoms with van der Waals surface area (Å²) < 4.78 is 24.5. The van der Waals surface area contributed by atoms with Crippen LogP contribution in [0.15, 0.2) is 34.9 Å². The van der Waals surface area contributed by atoms with E-state index in [1.807, 2.05) is 19.1 Å². The van der Waals surface area contributed by atoms with Crippen LogP contribution in [0, 0.1) is 12.7 Å². The van der Waals surface area contributed by atoms with Gasteiger partial charge in [-0.05, 0) is 49.6 Å². The molecule has 32 heavy (non-hydrogen) atoms. The normalized spacial score (nSPS) is 14.3. The van der Waals surface area contributed by atoms with Gasteiger partial charge < -0.3 is 14.4 Å². The van der Waals surface area contributed by atoms with Crippen LogP contribution >= 0.6 is 0 Å². The van der Waals surface area contributed by atoms with Gasteiger partial charge in [0, 0.05) is 36.5 Å². The molecule has 4 rings (SSSR count). The lowest BCUT2D eigenvalue weighted by Crippen LogP contribution is -2.52. The fourth-order valence-electron chi connectivity index (χ4n) is 3.74. The number of hydrogen-bond acceptors (Lipinski definition) is 7. The Labute approximate surface area is 185 Å². The molecular formula is C23H25FN4O4. The molecule has 0 saturated carbocycles. The zero-order valence-electron chi connectivity index (χ0n) is 18.0. The van der Waals surface area contributed by atoms with Gasteiger partial charge in [-0.25, -0.2) is 9.18 Å². The standard InChI is InChI=1S/C23H25FN4O4/c1-3-4-5-15-6-7-16(10-20(15)24)22-26-21(27-32-22)19-9-8-17(25-14(19)2)11-28-12-18(13-28)31-23(29)30/h6-10,18H,3-5,11-13H2,1-2H3,(H,29,30). The van der Waals surface area contributed by atoms with Crippen LogP contribution in [0.1, 0.15) is 36.7 Å². The highest BCUT2D eigenvalue weighted by molar-refractivity contribution is 5.62. The first kappa shape index (κ1) is 21.9. The number of nitrogens with zero attached hydrogens (tertiary/aromatic N) is 4. The van der Waals surface area contributed by atoms with Gasteiger partial charge in [-0.1, -0.05) is 24.6 Å². The number of carbonyl (C=O) groups is 1. The molecule has 1 N–H and O–H groups in total. The fraction of sp³-hybridized carbons (Fsp3) is 0.391. The smallest absolute Gasteiger partial charge is 0.450 e. The monoisotopic (exact) mass is 440 g/mol. The molecule has 0 spiro atoms. The summed E-state index contributed by atoms with van der Waals surface area (Å²) in [6.07, 6.45) is 1.13. The van der Waals surface area contributed by atoms with E-state index in [2.05, 4.69) is 26.9 Å². The molecule has 1 fully saturated rings. The largest absolute Gasteiger partial charge is 0.506 e. The second-order valence-electron chi connectivity index (χ2n) is 7.97. The molecule has 1 aliphatic heterocycles. The number of pyridine rings is 1. The minimum atomic E-state index is -1.25. The molecule has 0 radical (unpaired) electrons. The second kappa shape index (κ2) is 9.44. The molecule has 0 aliphatic carbocycles. The predicted molar refractivity (Wildman–Crippen MR) is 114 cm³/mol. The molecule has 0 amide bonds. The van der Waals surface area contributed by atoms with Crippen molar-refractivity contribution in [3.05, 3.63) is 53.1 Å². The van der Waals surface area contributed by atoms with Crippen molar-refractivity contribution in [1.29, 1.82) is 0 Å². The third kappa shape index (κ3) is 4.94. The maximum Gasteiger partial charge on any atom is 0.506 e. The quantitative estimate of drug-likeness (QED) is 0.512. The lowest BCUT2D eigenvalue weighted by Gasteiger charge is -2.37. The van der Waals surface area contributed by atoms with Crippen molar-refractivity contribution in [3.8, 4) is 22.8 Å². The zero-order valence-corrected chi connectivity index (χ0v) is 18.0. The molecule has 0 atom stereocenters. The van der Waals surface area contributed by atoms with Gasteiger partial charge in [0.25, 0.3) is 5.89 Å². The molecule has 1 saturated heterocycles. The number of aromatic nitrogens is 3. The van der Waals surface area contributed by atoms with Crippen LogP contribution in [-0.4, -0.2) is 50.5 Å². The summed E-state index contributed by atoms with van der Waals surface area (Å²) in [4.78, 5) is 21.7. The van der Waals surface area contributed by atoms with E-state index in [-0.39, 0.29) is 17.8 Å². The Morgan fingerprint density at radius 2 is 2.09 bits per heavy atom. The molecule has 1 aromatic carbocycles. The number of unbranched alkanes of at least 4 members (excludes halogenated alkanes) is 1. The summed E-state index contributed by atoms with van der Waals surface area (Å²) in [5.74, 6) is 0.389. The van der Waals surface area contributed by atoms with E-state index >= 15 is 0 Å². The van der Waals surface area contributed by atoms with E-state index in [1.165, 1.54) is 6.07 Å².